The zero-order valence-corrected chi connectivity index (χ0v) is 21.8. The number of thiazole rings is 1. The minimum Gasteiger partial charge on any atom is -0.462 e. The molecule has 2 aromatic rings. The highest BCUT2D eigenvalue weighted by molar-refractivity contribution is 8.00. The molecule has 3 amide bonds. The molecule has 1 aliphatic heterocycles. The molecule has 190 valence electrons. The SMILES string of the molecule is CCOC(=O)c1ccc2c(c1)sc(=NC(=O)CSCC(=O)N1CCN(C(=O)OCC)CC1)n2CC. The minimum atomic E-state index is -0.385. The van der Waals surface area contributed by atoms with Crippen LogP contribution in [0.1, 0.15) is 31.1 Å². The summed E-state index contributed by atoms with van der Waals surface area (Å²) in [7, 11) is 0. The quantitative estimate of drug-likeness (QED) is 0.490. The first-order valence-corrected chi connectivity index (χ1v) is 13.5. The van der Waals surface area contributed by atoms with Gasteiger partial charge in [0, 0.05) is 32.7 Å². The molecule has 1 aromatic carbocycles. The lowest BCUT2D eigenvalue weighted by atomic mass is 10.2. The summed E-state index contributed by atoms with van der Waals surface area (Å²) in [5.41, 5.74) is 1.35. The van der Waals surface area contributed by atoms with Crippen LogP contribution in [0.5, 0.6) is 0 Å². The maximum Gasteiger partial charge on any atom is 0.409 e. The van der Waals surface area contributed by atoms with Gasteiger partial charge in [-0.1, -0.05) is 11.3 Å². The average molecular weight is 523 g/mol. The number of nitrogens with zero attached hydrogens (tertiary/aromatic N) is 4. The third kappa shape index (κ3) is 6.85. The Morgan fingerprint density at radius 1 is 0.971 bits per heavy atom. The summed E-state index contributed by atoms with van der Waals surface area (Å²) in [6.07, 6.45) is -0.358. The molecule has 1 aromatic heterocycles. The summed E-state index contributed by atoms with van der Waals surface area (Å²) in [5.74, 6) is -0.522. The lowest BCUT2D eigenvalue weighted by molar-refractivity contribution is -0.129. The molecule has 10 nitrogen and oxygen atoms in total. The number of rotatable bonds is 8. The van der Waals surface area contributed by atoms with Crippen LogP contribution in [-0.4, -0.2) is 89.1 Å². The van der Waals surface area contributed by atoms with Gasteiger partial charge in [0.15, 0.2) is 4.80 Å². The normalized spacial score (nSPS) is 14.3. The molecule has 0 unspecified atom stereocenters. The number of carbonyl (C=O) groups is 4. The van der Waals surface area contributed by atoms with Crippen molar-refractivity contribution in [2.24, 2.45) is 4.99 Å². The number of aryl methyl sites for hydroxylation is 1. The van der Waals surface area contributed by atoms with Crippen molar-refractivity contribution in [3.8, 4) is 0 Å². The lowest BCUT2D eigenvalue weighted by Crippen LogP contribution is -2.51. The number of piperazine rings is 1. The van der Waals surface area contributed by atoms with Gasteiger partial charge in [-0.25, -0.2) is 9.59 Å². The van der Waals surface area contributed by atoms with Crippen LogP contribution in [0.4, 0.5) is 4.79 Å². The van der Waals surface area contributed by atoms with E-state index >= 15 is 0 Å². The van der Waals surface area contributed by atoms with Crippen molar-refractivity contribution in [1.29, 1.82) is 0 Å². The Hall–Kier alpha value is -2.86. The number of aromatic nitrogens is 1. The predicted octanol–water partition coefficient (Wildman–Crippen LogP) is 2.36. The predicted molar refractivity (Wildman–Crippen MR) is 135 cm³/mol. The third-order valence-corrected chi connectivity index (χ3v) is 7.28. The number of carbonyl (C=O) groups excluding carboxylic acids is 4. The maximum absolute atomic E-state index is 12.5. The van der Waals surface area contributed by atoms with Gasteiger partial charge in [-0.3, -0.25) is 9.59 Å². The number of fused-ring (bicyclic) bond motifs is 1. The largest absolute Gasteiger partial charge is 0.462 e. The van der Waals surface area contributed by atoms with E-state index in [1.165, 1.54) is 23.1 Å². The third-order valence-electron chi connectivity index (χ3n) is 5.34. The summed E-state index contributed by atoms with van der Waals surface area (Å²) >= 11 is 2.56. The molecule has 0 N–H and O–H groups in total. The van der Waals surface area contributed by atoms with Crippen molar-refractivity contribution in [1.82, 2.24) is 14.4 Å². The molecule has 35 heavy (non-hydrogen) atoms. The molecule has 3 rings (SSSR count). The van der Waals surface area contributed by atoms with Crippen LogP contribution in [0.2, 0.25) is 0 Å². The zero-order valence-electron chi connectivity index (χ0n) is 20.2. The van der Waals surface area contributed by atoms with E-state index in [1.807, 2.05) is 17.6 Å². The van der Waals surface area contributed by atoms with Crippen molar-refractivity contribution < 1.29 is 28.7 Å². The monoisotopic (exact) mass is 522 g/mol. The maximum atomic E-state index is 12.5. The van der Waals surface area contributed by atoms with Gasteiger partial charge >= 0.3 is 12.1 Å². The summed E-state index contributed by atoms with van der Waals surface area (Å²) in [4.78, 5) is 56.9. The van der Waals surface area contributed by atoms with Crippen LogP contribution in [0.3, 0.4) is 0 Å². The van der Waals surface area contributed by atoms with Gasteiger partial charge in [-0.05, 0) is 39.0 Å². The van der Waals surface area contributed by atoms with Crippen LogP contribution >= 0.6 is 23.1 Å². The van der Waals surface area contributed by atoms with Crippen molar-refractivity contribution >= 4 is 57.2 Å². The van der Waals surface area contributed by atoms with Crippen molar-refractivity contribution in [3.05, 3.63) is 28.6 Å². The molecule has 0 aliphatic carbocycles. The highest BCUT2D eigenvalue weighted by Gasteiger charge is 2.24. The molecule has 12 heteroatoms. The highest BCUT2D eigenvalue weighted by Crippen LogP contribution is 2.20. The van der Waals surface area contributed by atoms with E-state index in [0.29, 0.717) is 56.3 Å². The standard InChI is InChI=1S/C23H30N4O6S2/c1-4-27-17-8-7-16(21(30)32-5-2)13-18(17)35-22(27)24-19(28)14-34-15-20(29)25-9-11-26(12-10-25)23(31)33-6-3/h7-8,13H,4-6,9-12,14-15H2,1-3H3. The van der Waals surface area contributed by atoms with E-state index in [1.54, 1.807) is 35.8 Å². The van der Waals surface area contributed by atoms with Crippen molar-refractivity contribution in [3.63, 3.8) is 0 Å². The van der Waals surface area contributed by atoms with E-state index in [-0.39, 0.29) is 35.4 Å². The van der Waals surface area contributed by atoms with Crippen LogP contribution < -0.4 is 4.80 Å². The first-order valence-electron chi connectivity index (χ1n) is 11.5. The van der Waals surface area contributed by atoms with Crippen LogP contribution in [0.15, 0.2) is 23.2 Å². The van der Waals surface area contributed by atoms with Crippen molar-refractivity contribution in [2.45, 2.75) is 27.3 Å². The molecule has 1 saturated heterocycles. The second kappa shape index (κ2) is 12.7. The van der Waals surface area contributed by atoms with Crippen LogP contribution in [0.25, 0.3) is 10.2 Å². The fraction of sp³-hybridized carbons (Fsp3) is 0.522. The molecule has 0 atom stereocenters. The van der Waals surface area contributed by atoms with Crippen LogP contribution in [-0.2, 0) is 25.6 Å². The van der Waals surface area contributed by atoms with Gasteiger partial charge in [-0.15, -0.1) is 11.8 Å². The number of ether oxygens (including phenoxy) is 2. The van der Waals surface area contributed by atoms with E-state index < -0.39 is 0 Å². The van der Waals surface area contributed by atoms with Gasteiger partial charge in [0.25, 0.3) is 5.91 Å². The van der Waals surface area contributed by atoms with E-state index in [2.05, 4.69) is 4.99 Å². The Kier molecular flexibility index (Phi) is 9.73. The Labute approximate surface area is 211 Å². The second-order valence-corrected chi connectivity index (χ2v) is 9.59. The fourth-order valence-electron chi connectivity index (χ4n) is 3.61. The molecular formula is C23H30N4O6S2. The number of amides is 3. The molecule has 2 heterocycles. The molecule has 0 saturated carbocycles. The molecule has 1 aliphatic rings. The summed E-state index contributed by atoms with van der Waals surface area (Å²) in [6.45, 7) is 8.48. The van der Waals surface area contributed by atoms with Gasteiger partial charge in [0.05, 0.1) is 40.5 Å². The number of hydrogen-bond donors (Lipinski definition) is 0. The number of esters is 1. The molecule has 0 radical (unpaired) electrons. The topological polar surface area (TPSA) is 111 Å². The van der Waals surface area contributed by atoms with E-state index in [4.69, 9.17) is 9.47 Å². The first kappa shape index (κ1) is 26.7. The number of thioether (sulfide) groups is 1. The Morgan fingerprint density at radius 3 is 2.31 bits per heavy atom. The van der Waals surface area contributed by atoms with E-state index in [9.17, 15) is 19.2 Å². The van der Waals surface area contributed by atoms with Crippen LogP contribution in [0, 0.1) is 0 Å². The molecule has 1 fully saturated rings. The lowest BCUT2D eigenvalue weighted by Gasteiger charge is -2.34. The summed E-state index contributed by atoms with van der Waals surface area (Å²) in [6, 6.07) is 5.29. The Bertz CT molecular complexity index is 1150. The van der Waals surface area contributed by atoms with Gasteiger partial charge in [0.2, 0.25) is 5.91 Å². The van der Waals surface area contributed by atoms with Gasteiger partial charge in [0.1, 0.15) is 0 Å². The smallest absolute Gasteiger partial charge is 0.409 e. The highest BCUT2D eigenvalue weighted by atomic mass is 32.2. The summed E-state index contributed by atoms with van der Waals surface area (Å²) < 4.78 is 12.8. The molecule has 0 spiro atoms. The summed E-state index contributed by atoms with van der Waals surface area (Å²) in [5, 5.41) is 0. The molecule has 0 bridgehead atoms. The first-order chi connectivity index (χ1) is 16.9. The second-order valence-electron chi connectivity index (χ2n) is 7.60. The van der Waals surface area contributed by atoms with Gasteiger partial charge in [-0.2, -0.15) is 4.99 Å². The van der Waals surface area contributed by atoms with E-state index in [0.717, 1.165) is 10.2 Å². The van der Waals surface area contributed by atoms with Crippen molar-refractivity contribution in [2.75, 3.05) is 50.9 Å². The fourth-order valence-corrected chi connectivity index (χ4v) is 5.46. The molecular weight excluding hydrogens is 492 g/mol. The Morgan fingerprint density at radius 2 is 1.66 bits per heavy atom. The number of hydrogen-bond acceptors (Lipinski definition) is 8. The average Bonchev–Trinajstić information content (AvgIpc) is 3.20. The number of benzene rings is 1. The van der Waals surface area contributed by atoms with Gasteiger partial charge < -0.3 is 23.8 Å². The Balaban J connectivity index is 1.56. The zero-order chi connectivity index (χ0) is 25.4. The minimum absolute atomic E-state index is 0.0664.